The smallest absolute Gasteiger partial charge is 0.381 e. The van der Waals surface area contributed by atoms with Crippen molar-refractivity contribution >= 4 is 5.82 Å². The topological polar surface area (TPSA) is 54.9 Å². The number of likely N-dealkylation sites (N-methyl/N-ethyl adjacent to an activating group) is 1. The van der Waals surface area contributed by atoms with Crippen LogP contribution in [0.4, 0.5) is 19.0 Å². The van der Waals surface area contributed by atoms with Crippen LogP contribution < -0.4 is 10.2 Å². The first kappa shape index (κ1) is 21.4. The summed E-state index contributed by atoms with van der Waals surface area (Å²) in [5.74, 6) is 0.888. The van der Waals surface area contributed by atoms with E-state index in [9.17, 15) is 18.3 Å². The summed E-state index contributed by atoms with van der Waals surface area (Å²) in [5.41, 5.74) is 1.73. The van der Waals surface area contributed by atoms with Crippen molar-refractivity contribution in [3.8, 4) is 0 Å². The fourth-order valence-corrected chi connectivity index (χ4v) is 3.45. The van der Waals surface area contributed by atoms with E-state index < -0.39 is 6.18 Å². The predicted molar refractivity (Wildman–Crippen MR) is 106 cm³/mol. The maximum atomic E-state index is 12.2. The number of hydrogen-bond donors (Lipinski definition) is 2. The molecule has 3 rings (SSSR count). The van der Waals surface area contributed by atoms with Crippen LogP contribution in [0.15, 0.2) is 54.9 Å². The standard InChI is InChI=1S/C20H26F3N5O/c1-15-17(5-3-4-8-20(21,22)23)25-19(26(15)2)16-6-7-18(24-13-16)28-11-9-27(14-29)10-12-28/h3-8,13,17,19,25,29H,1,9-12,14H2,2H3/b5-3?,8-4+. The van der Waals surface area contributed by atoms with Crippen molar-refractivity contribution in [1.82, 2.24) is 20.1 Å². The van der Waals surface area contributed by atoms with E-state index in [-0.39, 0.29) is 25.0 Å². The monoisotopic (exact) mass is 409 g/mol. The van der Waals surface area contributed by atoms with Crippen LogP contribution in [0.2, 0.25) is 0 Å². The molecular formula is C20H26F3N5O. The maximum Gasteiger partial charge on any atom is 0.409 e. The van der Waals surface area contributed by atoms with Gasteiger partial charge in [0.15, 0.2) is 0 Å². The van der Waals surface area contributed by atoms with Crippen LogP contribution in [-0.2, 0) is 0 Å². The summed E-state index contributed by atoms with van der Waals surface area (Å²) in [6.07, 6.45) is 1.55. The number of hydrogen-bond acceptors (Lipinski definition) is 6. The van der Waals surface area contributed by atoms with Crippen molar-refractivity contribution in [3.63, 3.8) is 0 Å². The van der Waals surface area contributed by atoms with Gasteiger partial charge in [-0.25, -0.2) is 4.98 Å². The van der Waals surface area contributed by atoms with Gasteiger partial charge in [-0.2, -0.15) is 13.2 Å². The summed E-state index contributed by atoms with van der Waals surface area (Å²) in [6.45, 7) is 7.32. The summed E-state index contributed by atoms with van der Waals surface area (Å²) in [6, 6.07) is 3.71. The van der Waals surface area contributed by atoms with E-state index in [4.69, 9.17) is 0 Å². The third kappa shape index (κ3) is 5.37. The van der Waals surface area contributed by atoms with Gasteiger partial charge in [0.1, 0.15) is 12.0 Å². The van der Waals surface area contributed by atoms with Crippen molar-refractivity contribution in [2.45, 2.75) is 18.4 Å². The molecule has 9 heteroatoms. The molecule has 2 unspecified atom stereocenters. The van der Waals surface area contributed by atoms with E-state index in [1.165, 1.54) is 6.08 Å². The van der Waals surface area contributed by atoms with Gasteiger partial charge in [0.2, 0.25) is 0 Å². The van der Waals surface area contributed by atoms with Gasteiger partial charge >= 0.3 is 6.18 Å². The highest BCUT2D eigenvalue weighted by Crippen LogP contribution is 2.30. The molecule has 0 aliphatic carbocycles. The van der Waals surface area contributed by atoms with Crippen LogP contribution in [0.5, 0.6) is 0 Å². The van der Waals surface area contributed by atoms with Crippen LogP contribution in [0.25, 0.3) is 0 Å². The largest absolute Gasteiger partial charge is 0.409 e. The Balaban J connectivity index is 1.62. The van der Waals surface area contributed by atoms with Gasteiger partial charge in [-0.3, -0.25) is 10.2 Å². The van der Waals surface area contributed by atoms with Crippen molar-refractivity contribution < 1.29 is 18.3 Å². The van der Waals surface area contributed by atoms with Crippen LogP contribution in [0.3, 0.4) is 0 Å². The van der Waals surface area contributed by atoms with E-state index in [0.717, 1.165) is 49.3 Å². The SMILES string of the molecule is C=C1C(C=C/C=C/C(F)(F)F)NC(c2ccc(N3CCN(CO)CC3)nc2)N1C. The third-order valence-corrected chi connectivity index (χ3v) is 5.22. The molecule has 2 saturated heterocycles. The molecule has 2 aliphatic heterocycles. The summed E-state index contributed by atoms with van der Waals surface area (Å²) in [5, 5.41) is 12.5. The minimum absolute atomic E-state index is 0.0748. The molecule has 6 nitrogen and oxygen atoms in total. The van der Waals surface area contributed by atoms with Gasteiger partial charge < -0.3 is 14.9 Å². The first-order valence-electron chi connectivity index (χ1n) is 9.43. The van der Waals surface area contributed by atoms with Crippen molar-refractivity contribution in [2.24, 2.45) is 0 Å². The molecule has 0 amide bonds. The molecule has 0 aromatic carbocycles. The lowest BCUT2D eigenvalue weighted by Crippen LogP contribution is -2.46. The number of aliphatic hydroxyl groups excluding tert-OH is 1. The van der Waals surface area contributed by atoms with Crippen LogP contribution in [-0.4, -0.2) is 72.1 Å². The molecule has 158 valence electrons. The fourth-order valence-electron chi connectivity index (χ4n) is 3.45. The minimum atomic E-state index is -4.32. The average Bonchev–Trinajstić information content (AvgIpc) is 2.99. The molecule has 2 aliphatic rings. The number of pyridine rings is 1. The van der Waals surface area contributed by atoms with Gasteiger partial charge in [0, 0.05) is 56.8 Å². The number of allylic oxidation sites excluding steroid dienone is 3. The molecule has 0 bridgehead atoms. The third-order valence-electron chi connectivity index (χ3n) is 5.22. The van der Waals surface area contributed by atoms with Crippen molar-refractivity contribution in [2.75, 3.05) is 44.9 Å². The Hall–Kier alpha value is -2.36. The lowest BCUT2D eigenvalue weighted by atomic mass is 10.2. The Morgan fingerprint density at radius 3 is 2.55 bits per heavy atom. The normalized spacial score (nSPS) is 24.4. The Morgan fingerprint density at radius 2 is 1.97 bits per heavy atom. The lowest BCUT2D eigenvalue weighted by Gasteiger charge is -2.34. The number of nitrogens with one attached hydrogen (secondary N) is 1. The van der Waals surface area contributed by atoms with E-state index >= 15 is 0 Å². The van der Waals surface area contributed by atoms with Crippen molar-refractivity contribution in [3.05, 3.63) is 60.5 Å². The zero-order valence-corrected chi connectivity index (χ0v) is 16.3. The number of rotatable bonds is 5. The molecule has 0 radical (unpaired) electrons. The number of aromatic nitrogens is 1. The Bertz CT molecular complexity index is 754. The summed E-state index contributed by atoms with van der Waals surface area (Å²) in [7, 11) is 1.89. The highest BCUT2D eigenvalue weighted by Gasteiger charge is 2.31. The summed E-state index contributed by atoms with van der Waals surface area (Å²) in [4.78, 5) is 10.7. The number of alkyl halides is 3. The van der Waals surface area contributed by atoms with E-state index in [0.29, 0.717) is 0 Å². The zero-order chi connectivity index (χ0) is 21.0. The Kier molecular flexibility index (Phi) is 6.61. The van der Waals surface area contributed by atoms with Gasteiger partial charge in [-0.15, -0.1) is 0 Å². The second-order valence-electron chi connectivity index (χ2n) is 7.13. The molecule has 2 N–H and O–H groups in total. The van der Waals surface area contributed by atoms with Gasteiger partial charge in [-0.1, -0.05) is 30.9 Å². The van der Waals surface area contributed by atoms with Crippen LogP contribution in [0.1, 0.15) is 11.7 Å². The number of piperazine rings is 1. The van der Waals surface area contributed by atoms with Crippen molar-refractivity contribution in [1.29, 1.82) is 0 Å². The number of nitrogens with zero attached hydrogens (tertiary/aromatic N) is 4. The lowest BCUT2D eigenvalue weighted by molar-refractivity contribution is -0.0798. The van der Waals surface area contributed by atoms with E-state index in [1.54, 1.807) is 6.08 Å². The predicted octanol–water partition coefficient (Wildman–Crippen LogP) is 2.24. The number of halogens is 3. The molecule has 1 aromatic heterocycles. The quantitative estimate of drug-likeness (QED) is 0.728. The van der Waals surface area contributed by atoms with Gasteiger partial charge in [-0.05, 0) is 6.07 Å². The molecule has 29 heavy (non-hydrogen) atoms. The first-order valence-corrected chi connectivity index (χ1v) is 9.43. The fraction of sp³-hybridized carbons (Fsp3) is 0.450. The Labute approximate surface area is 168 Å². The highest BCUT2D eigenvalue weighted by atomic mass is 19.4. The molecule has 0 saturated carbocycles. The molecule has 0 spiro atoms. The van der Waals surface area contributed by atoms with Gasteiger partial charge in [0.05, 0.1) is 12.8 Å². The molecule has 3 heterocycles. The number of anilines is 1. The van der Waals surface area contributed by atoms with E-state index in [1.807, 2.05) is 35.2 Å². The average molecular weight is 409 g/mol. The van der Waals surface area contributed by atoms with E-state index in [2.05, 4.69) is 21.8 Å². The second-order valence-corrected chi connectivity index (χ2v) is 7.13. The van der Waals surface area contributed by atoms with Crippen LogP contribution >= 0.6 is 0 Å². The highest BCUT2D eigenvalue weighted by molar-refractivity contribution is 5.41. The maximum absolute atomic E-state index is 12.2. The Morgan fingerprint density at radius 1 is 1.24 bits per heavy atom. The second kappa shape index (κ2) is 8.98. The molecule has 1 aromatic rings. The zero-order valence-electron chi connectivity index (χ0n) is 16.3. The summed E-state index contributed by atoms with van der Waals surface area (Å²) < 4.78 is 36.6. The first-order chi connectivity index (χ1) is 13.8. The molecule has 2 fully saturated rings. The molecular weight excluding hydrogens is 383 g/mol. The van der Waals surface area contributed by atoms with Crippen LogP contribution in [0, 0.1) is 0 Å². The minimum Gasteiger partial charge on any atom is -0.381 e. The number of aliphatic hydroxyl groups is 1. The van der Waals surface area contributed by atoms with Gasteiger partial charge in [0.25, 0.3) is 0 Å². The summed E-state index contributed by atoms with van der Waals surface area (Å²) >= 11 is 0. The molecule has 2 atom stereocenters.